The lowest BCUT2D eigenvalue weighted by molar-refractivity contribution is -0.129. The predicted molar refractivity (Wildman–Crippen MR) is 97.8 cm³/mol. The number of halogens is 1. The van der Waals surface area contributed by atoms with Crippen LogP contribution >= 0.6 is 23.4 Å². The van der Waals surface area contributed by atoms with Crippen molar-refractivity contribution in [3.8, 4) is 5.75 Å². The van der Waals surface area contributed by atoms with Crippen LogP contribution in [-0.4, -0.2) is 52.9 Å². The minimum atomic E-state index is -0.531. The summed E-state index contributed by atoms with van der Waals surface area (Å²) in [6.07, 6.45) is 3.35. The van der Waals surface area contributed by atoms with E-state index in [1.54, 1.807) is 6.07 Å². The Bertz CT molecular complexity index is 776. The van der Waals surface area contributed by atoms with E-state index in [1.807, 2.05) is 0 Å². The fraction of sp³-hybridized carbons (Fsp3) is 0.353. The molecule has 1 aromatic rings. The number of aromatic hydroxyl groups is 1. The molecule has 2 N–H and O–H groups in total. The minimum absolute atomic E-state index is 0.00647. The molecule has 2 fully saturated rings. The van der Waals surface area contributed by atoms with Gasteiger partial charge in [0.2, 0.25) is 5.91 Å². The summed E-state index contributed by atoms with van der Waals surface area (Å²) in [4.78, 5) is 37.6. The molecule has 26 heavy (non-hydrogen) atoms. The molecule has 3 amide bonds. The van der Waals surface area contributed by atoms with Crippen LogP contribution in [0.2, 0.25) is 5.02 Å². The number of carbonyl (C=O) groups is 3. The maximum absolute atomic E-state index is 12.4. The fourth-order valence-electron chi connectivity index (χ4n) is 2.63. The summed E-state index contributed by atoms with van der Waals surface area (Å²) >= 11 is 6.60. The number of phenols is 1. The molecule has 0 aliphatic carbocycles. The second kappa shape index (κ2) is 8.11. The van der Waals surface area contributed by atoms with Gasteiger partial charge in [-0.1, -0.05) is 17.7 Å². The van der Waals surface area contributed by atoms with Crippen molar-refractivity contribution >= 4 is 46.5 Å². The molecule has 0 saturated carbocycles. The van der Waals surface area contributed by atoms with Gasteiger partial charge in [0.1, 0.15) is 12.3 Å². The highest BCUT2D eigenvalue weighted by molar-refractivity contribution is 8.18. The smallest absolute Gasteiger partial charge is 0.294 e. The Morgan fingerprint density at radius 2 is 2.27 bits per heavy atom. The Labute approximate surface area is 159 Å². The quantitative estimate of drug-likeness (QED) is 0.742. The van der Waals surface area contributed by atoms with Crippen LogP contribution in [0.4, 0.5) is 4.79 Å². The second-order valence-electron chi connectivity index (χ2n) is 5.92. The van der Waals surface area contributed by atoms with Gasteiger partial charge in [-0.15, -0.1) is 0 Å². The molecule has 9 heteroatoms. The number of hydrogen-bond donors (Lipinski definition) is 2. The molecule has 0 spiro atoms. The van der Waals surface area contributed by atoms with Crippen LogP contribution in [0.1, 0.15) is 18.4 Å². The highest BCUT2D eigenvalue weighted by atomic mass is 35.5. The van der Waals surface area contributed by atoms with E-state index in [9.17, 15) is 19.5 Å². The number of thioether (sulfide) groups is 1. The number of carbonyl (C=O) groups excluding carboxylic acids is 3. The monoisotopic (exact) mass is 396 g/mol. The summed E-state index contributed by atoms with van der Waals surface area (Å²) in [6.45, 7) is 0.734. The lowest BCUT2D eigenvalue weighted by Crippen LogP contribution is -2.41. The van der Waals surface area contributed by atoms with Crippen LogP contribution in [0.3, 0.4) is 0 Å². The molecule has 2 heterocycles. The van der Waals surface area contributed by atoms with Gasteiger partial charge in [0.05, 0.1) is 16.0 Å². The second-order valence-corrected chi connectivity index (χ2v) is 7.32. The van der Waals surface area contributed by atoms with Crippen molar-refractivity contribution in [1.29, 1.82) is 0 Å². The van der Waals surface area contributed by atoms with E-state index in [1.165, 1.54) is 18.2 Å². The van der Waals surface area contributed by atoms with Crippen LogP contribution in [0.25, 0.3) is 6.08 Å². The molecular formula is C17H17ClN2O5S. The Morgan fingerprint density at radius 1 is 1.46 bits per heavy atom. The molecule has 2 saturated heterocycles. The Morgan fingerprint density at radius 3 is 2.96 bits per heavy atom. The van der Waals surface area contributed by atoms with Gasteiger partial charge in [0.25, 0.3) is 11.1 Å². The highest BCUT2D eigenvalue weighted by Gasteiger charge is 2.36. The zero-order valence-corrected chi connectivity index (χ0v) is 15.3. The number of hydrogen-bond acceptors (Lipinski definition) is 6. The average Bonchev–Trinajstić information content (AvgIpc) is 3.21. The Balaban J connectivity index is 1.61. The molecule has 1 aromatic carbocycles. The highest BCUT2D eigenvalue weighted by Crippen LogP contribution is 2.33. The molecule has 0 aromatic heterocycles. The molecule has 0 bridgehead atoms. The van der Waals surface area contributed by atoms with E-state index in [0.29, 0.717) is 18.7 Å². The third-order valence-corrected chi connectivity index (χ3v) is 5.21. The minimum Gasteiger partial charge on any atom is -0.506 e. The van der Waals surface area contributed by atoms with E-state index in [2.05, 4.69) is 5.32 Å². The molecule has 0 unspecified atom stereocenters. The standard InChI is InChI=1S/C17H17ClN2O5S/c18-12-6-10(3-4-13(12)21)7-14-16(23)20(17(24)26-14)9-15(22)19-8-11-2-1-5-25-11/h3-4,6-7,11,21H,1-2,5,8-9H2,(H,19,22)/b14-7-/t11-/m1/s1. The summed E-state index contributed by atoms with van der Waals surface area (Å²) < 4.78 is 5.41. The van der Waals surface area contributed by atoms with Gasteiger partial charge < -0.3 is 15.2 Å². The molecule has 1 atom stereocenters. The third kappa shape index (κ3) is 4.38. The number of amides is 3. The summed E-state index contributed by atoms with van der Waals surface area (Å²) in [7, 11) is 0. The summed E-state index contributed by atoms with van der Waals surface area (Å²) in [5, 5.41) is 11.8. The molecule has 3 rings (SSSR count). The lowest BCUT2D eigenvalue weighted by atomic mass is 10.2. The van der Waals surface area contributed by atoms with Crippen molar-refractivity contribution in [3.05, 3.63) is 33.7 Å². The number of nitrogens with one attached hydrogen (secondary N) is 1. The van der Waals surface area contributed by atoms with Gasteiger partial charge in [-0.25, -0.2) is 0 Å². The molecular weight excluding hydrogens is 380 g/mol. The Hall–Kier alpha value is -2.03. The van der Waals surface area contributed by atoms with Gasteiger partial charge in [-0.2, -0.15) is 0 Å². The number of ether oxygens (including phenoxy) is 1. The largest absolute Gasteiger partial charge is 0.506 e. The lowest BCUT2D eigenvalue weighted by Gasteiger charge is -2.14. The first-order valence-electron chi connectivity index (χ1n) is 8.06. The van der Waals surface area contributed by atoms with E-state index < -0.39 is 17.1 Å². The SMILES string of the molecule is O=C(CN1C(=O)S/C(=C\c2ccc(O)c(Cl)c2)C1=O)NC[C@H]1CCCO1. The van der Waals surface area contributed by atoms with Gasteiger partial charge >= 0.3 is 0 Å². The van der Waals surface area contributed by atoms with E-state index in [-0.39, 0.29) is 28.3 Å². The van der Waals surface area contributed by atoms with Gasteiger partial charge in [0, 0.05) is 13.2 Å². The molecule has 138 valence electrons. The third-order valence-electron chi connectivity index (χ3n) is 4.00. The van der Waals surface area contributed by atoms with Crippen LogP contribution in [0.5, 0.6) is 5.75 Å². The summed E-state index contributed by atoms with van der Waals surface area (Å²) in [6, 6.07) is 4.46. The van der Waals surface area contributed by atoms with Gasteiger partial charge in [-0.05, 0) is 48.4 Å². The number of imide groups is 1. The Kier molecular flexibility index (Phi) is 5.85. The van der Waals surface area contributed by atoms with Crippen molar-refractivity contribution in [2.45, 2.75) is 18.9 Å². The maximum atomic E-state index is 12.4. The first-order valence-corrected chi connectivity index (χ1v) is 9.25. The first-order chi connectivity index (χ1) is 12.4. The number of nitrogens with zero attached hydrogens (tertiary/aromatic N) is 1. The summed E-state index contributed by atoms with van der Waals surface area (Å²) in [5.74, 6) is -1.01. The molecule has 0 radical (unpaired) electrons. The topological polar surface area (TPSA) is 95.9 Å². The van der Waals surface area contributed by atoms with E-state index in [4.69, 9.17) is 16.3 Å². The van der Waals surface area contributed by atoms with Gasteiger partial charge in [0.15, 0.2) is 0 Å². The fourth-order valence-corrected chi connectivity index (χ4v) is 3.66. The van der Waals surface area contributed by atoms with Crippen molar-refractivity contribution in [2.24, 2.45) is 0 Å². The predicted octanol–water partition coefficient (Wildman–Crippen LogP) is 2.38. The van der Waals surface area contributed by atoms with Crippen LogP contribution in [0.15, 0.2) is 23.1 Å². The van der Waals surface area contributed by atoms with Crippen LogP contribution in [0, 0.1) is 0 Å². The molecule has 2 aliphatic heterocycles. The van der Waals surface area contributed by atoms with Crippen molar-refractivity contribution in [3.63, 3.8) is 0 Å². The van der Waals surface area contributed by atoms with Crippen molar-refractivity contribution < 1.29 is 24.2 Å². The summed E-state index contributed by atoms with van der Waals surface area (Å²) in [5.41, 5.74) is 0.570. The van der Waals surface area contributed by atoms with E-state index >= 15 is 0 Å². The number of rotatable bonds is 5. The maximum Gasteiger partial charge on any atom is 0.294 e. The average molecular weight is 397 g/mol. The molecule has 7 nitrogen and oxygen atoms in total. The zero-order valence-electron chi connectivity index (χ0n) is 13.7. The molecule has 2 aliphatic rings. The van der Waals surface area contributed by atoms with Gasteiger partial charge in [-0.3, -0.25) is 19.3 Å². The van der Waals surface area contributed by atoms with Crippen LogP contribution in [-0.2, 0) is 14.3 Å². The van der Waals surface area contributed by atoms with Crippen molar-refractivity contribution in [1.82, 2.24) is 10.2 Å². The normalized spacial score (nSPS) is 21.7. The van der Waals surface area contributed by atoms with Crippen molar-refractivity contribution in [2.75, 3.05) is 19.7 Å². The first kappa shape index (κ1) is 18.8. The number of phenolic OH excluding ortho intramolecular Hbond substituents is 1. The number of benzene rings is 1. The van der Waals surface area contributed by atoms with Crippen LogP contribution < -0.4 is 5.32 Å². The zero-order chi connectivity index (χ0) is 18.7. The van der Waals surface area contributed by atoms with E-state index in [0.717, 1.165) is 29.5 Å².